The molecule has 1 fully saturated rings. The Morgan fingerprint density at radius 1 is 1.48 bits per heavy atom. The number of carbonyl (C=O) groups is 1. The van der Waals surface area contributed by atoms with Crippen LogP contribution in [0.3, 0.4) is 0 Å². The fraction of sp³-hybridized carbons (Fsp3) is 0.625. The lowest BCUT2D eigenvalue weighted by molar-refractivity contribution is 0.0281. The minimum absolute atomic E-state index is 0.0835. The maximum absolute atomic E-state index is 12.2. The Balaban J connectivity index is 2.19. The Morgan fingerprint density at radius 2 is 2.19 bits per heavy atom. The van der Waals surface area contributed by atoms with E-state index in [0.717, 1.165) is 12.1 Å². The number of hydrogen-bond donors (Lipinski definition) is 1. The monoisotopic (exact) mass is 291 g/mol. The van der Waals surface area contributed by atoms with Gasteiger partial charge < -0.3 is 15.4 Å². The van der Waals surface area contributed by atoms with E-state index in [4.69, 9.17) is 10.5 Å². The Labute approximate surface area is 126 Å². The zero-order valence-corrected chi connectivity index (χ0v) is 13.3. The lowest BCUT2D eigenvalue weighted by Crippen LogP contribution is -2.47. The highest BCUT2D eigenvalue weighted by Gasteiger charge is 2.46. The normalized spacial score (nSPS) is 24.0. The molecule has 116 valence electrons. The summed E-state index contributed by atoms with van der Waals surface area (Å²) in [6.45, 7) is 8.80. The first-order valence-electron chi connectivity index (χ1n) is 7.40. The molecule has 1 saturated heterocycles. The fourth-order valence-corrected chi connectivity index (χ4v) is 2.79. The molecule has 0 radical (unpaired) electrons. The number of nitrogens with two attached hydrogens (primary N) is 1. The van der Waals surface area contributed by atoms with Gasteiger partial charge in [-0.3, -0.25) is 4.98 Å². The Kier molecular flexibility index (Phi) is 4.23. The number of amides is 1. The zero-order chi connectivity index (χ0) is 15.7. The first-order chi connectivity index (χ1) is 9.74. The highest BCUT2D eigenvalue weighted by Crippen LogP contribution is 2.36. The Hall–Kier alpha value is -1.62. The van der Waals surface area contributed by atoms with Crippen molar-refractivity contribution in [3.63, 3.8) is 0 Å². The van der Waals surface area contributed by atoms with Crippen LogP contribution in [-0.2, 0) is 10.2 Å². The predicted octanol–water partition coefficient (Wildman–Crippen LogP) is 2.31. The van der Waals surface area contributed by atoms with Crippen molar-refractivity contribution in [1.29, 1.82) is 0 Å². The maximum Gasteiger partial charge on any atom is 0.410 e. The molecular weight excluding hydrogens is 266 g/mol. The van der Waals surface area contributed by atoms with Crippen molar-refractivity contribution < 1.29 is 9.53 Å². The highest BCUT2D eigenvalue weighted by molar-refractivity contribution is 5.69. The van der Waals surface area contributed by atoms with Crippen LogP contribution in [0.15, 0.2) is 24.4 Å². The molecule has 0 bridgehead atoms. The summed E-state index contributed by atoms with van der Waals surface area (Å²) in [5.41, 5.74) is 6.41. The number of nitrogens with zero attached hydrogens (tertiary/aromatic N) is 2. The Bertz CT molecular complexity index is 496. The van der Waals surface area contributed by atoms with Gasteiger partial charge in [0.2, 0.25) is 0 Å². The fourth-order valence-electron chi connectivity index (χ4n) is 2.79. The van der Waals surface area contributed by atoms with Gasteiger partial charge in [-0.1, -0.05) is 6.07 Å². The van der Waals surface area contributed by atoms with Gasteiger partial charge in [0.25, 0.3) is 0 Å². The molecule has 0 saturated carbocycles. The van der Waals surface area contributed by atoms with Crippen LogP contribution in [0.5, 0.6) is 0 Å². The zero-order valence-electron chi connectivity index (χ0n) is 13.3. The molecule has 5 heteroatoms. The van der Waals surface area contributed by atoms with E-state index < -0.39 is 5.60 Å². The van der Waals surface area contributed by atoms with Crippen molar-refractivity contribution in [3.8, 4) is 0 Å². The van der Waals surface area contributed by atoms with Crippen LogP contribution < -0.4 is 5.73 Å². The molecule has 0 aliphatic carbocycles. The van der Waals surface area contributed by atoms with Crippen LogP contribution in [0.1, 0.15) is 39.8 Å². The van der Waals surface area contributed by atoms with Gasteiger partial charge in [-0.15, -0.1) is 0 Å². The van der Waals surface area contributed by atoms with Gasteiger partial charge in [-0.25, -0.2) is 4.79 Å². The second-order valence-corrected chi connectivity index (χ2v) is 6.81. The maximum atomic E-state index is 12.2. The quantitative estimate of drug-likeness (QED) is 0.908. The summed E-state index contributed by atoms with van der Waals surface area (Å²) >= 11 is 0. The molecule has 5 nitrogen and oxygen atoms in total. The van der Waals surface area contributed by atoms with E-state index in [9.17, 15) is 4.79 Å². The highest BCUT2D eigenvalue weighted by atomic mass is 16.6. The smallest absolute Gasteiger partial charge is 0.410 e. The molecule has 2 unspecified atom stereocenters. The number of rotatable bonds is 2. The lowest BCUT2D eigenvalue weighted by Gasteiger charge is -2.33. The van der Waals surface area contributed by atoms with E-state index >= 15 is 0 Å². The molecule has 1 aromatic rings. The van der Waals surface area contributed by atoms with Crippen LogP contribution in [0.2, 0.25) is 0 Å². The molecule has 21 heavy (non-hydrogen) atoms. The van der Waals surface area contributed by atoms with Crippen LogP contribution in [0.4, 0.5) is 4.79 Å². The van der Waals surface area contributed by atoms with Crippen LogP contribution >= 0.6 is 0 Å². The minimum atomic E-state index is -0.484. The number of hydrogen-bond acceptors (Lipinski definition) is 4. The average Bonchev–Trinajstić information content (AvgIpc) is 2.84. The van der Waals surface area contributed by atoms with Crippen LogP contribution in [0, 0.1) is 0 Å². The van der Waals surface area contributed by atoms with E-state index in [1.54, 1.807) is 11.1 Å². The predicted molar refractivity (Wildman–Crippen MR) is 82.0 cm³/mol. The van der Waals surface area contributed by atoms with Crippen molar-refractivity contribution in [1.82, 2.24) is 9.88 Å². The SMILES string of the molecule is CC(N)C1(c2ccccn2)CCN(C(=O)OC(C)(C)C)C1. The van der Waals surface area contributed by atoms with E-state index in [1.807, 2.05) is 45.9 Å². The summed E-state index contributed by atoms with van der Waals surface area (Å²) in [5.74, 6) is 0. The lowest BCUT2D eigenvalue weighted by atomic mass is 9.77. The van der Waals surface area contributed by atoms with Gasteiger partial charge in [0.05, 0.1) is 0 Å². The van der Waals surface area contributed by atoms with Crippen molar-refractivity contribution in [3.05, 3.63) is 30.1 Å². The molecule has 1 aliphatic rings. The summed E-state index contributed by atoms with van der Waals surface area (Å²) in [5, 5.41) is 0. The molecule has 2 N–H and O–H groups in total. The second-order valence-electron chi connectivity index (χ2n) is 6.81. The van der Waals surface area contributed by atoms with E-state index in [0.29, 0.717) is 13.1 Å². The third-order valence-corrected chi connectivity index (χ3v) is 4.00. The molecule has 1 aliphatic heterocycles. The summed E-state index contributed by atoms with van der Waals surface area (Å²) in [6.07, 6.45) is 2.30. The van der Waals surface area contributed by atoms with Crippen molar-refractivity contribution >= 4 is 6.09 Å². The summed E-state index contributed by atoms with van der Waals surface area (Å²) in [7, 11) is 0. The van der Waals surface area contributed by atoms with Gasteiger partial charge in [-0.05, 0) is 46.2 Å². The first kappa shape index (κ1) is 15.8. The van der Waals surface area contributed by atoms with Gasteiger partial charge in [-0.2, -0.15) is 0 Å². The summed E-state index contributed by atoms with van der Waals surface area (Å²) in [4.78, 5) is 18.4. The van der Waals surface area contributed by atoms with Crippen molar-refractivity contribution in [2.24, 2.45) is 5.73 Å². The van der Waals surface area contributed by atoms with E-state index in [2.05, 4.69) is 4.98 Å². The number of pyridine rings is 1. The number of carbonyl (C=O) groups excluding carboxylic acids is 1. The third-order valence-electron chi connectivity index (χ3n) is 4.00. The molecular formula is C16H25N3O2. The van der Waals surface area contributed by atoms with Gasteiger partial charge in [0.1, 0.15) is 5.60 Å². The third kappa shape index (κ3) is 3.35. The largest absolute Gasteiger partial charge is 0.444 e. The Morgan fingerprint density at radius 3 is 2.71 bits per heavy atom. The van der Waals surface area contributed by atoms with Gasteiger partial charge >= 0.3 is 6.09 Å². The van der Waals surface area contributed by atoms with Gasteiger partial charge in [0.15, 0.2) is 0 Å². The summed E-state index contributed by atoms with van der Waals surface area (Å²) in [6, 6.07) is 5.75. The standard InChI is InChI=1S/C16H25N3O2/c1-12(17)16(13-7-5-6-9-18-13)8-10-19(11-16)14(20)21-15(2,3)4/h5-7,9,12H,8,10-11,17H2,1-4H3. The molecule has 0 aromatic carbocycles. The molecule has 2 rings (SSSR count). The van der Waals surface area contributed by atoms with Gasteiger partial charge in [0, 0.05) is 36.4 Å². The number of likely N-dealkylation sites (tertiary alicyclic amines) is 1. The number of ether oxygens (including phenoxy) is 1. The molecule has 0 spiro atoms. The first-order valence-corrected chi connectivity index (χ1v) is 7.40. The summed E-state index contributed by atoms with van der Waals surface area (Å²) < 4.78 is 5.46. The average molecular weight is 291 g/mol. The van der Waals surface area contributed by atoms with Crippen molar-refractivity contribution in [2.45, 2.75) is 51.2 Å². The van der Waals surface area contributed by atoms with E-state index in [-0.39, 0.29) is 17.6 Å². The molecule has 2 atom stereocenters. The van der Waals surface area contributed by atoms with Crippen LogP contribution in [0.25, 0.3) is 0 Å². The molecule has 1 amide bonds. The topological polar surface area (TPSA) is 68.5 Å². The minimum Gasteiger partial charge on any atom is -0.444 e. The van der Waals surface area contributed by atoms with Crippen molar-refractivity contribution in [2.75, 3.05) is 13.1 Å². The second kappa shape index (κ2) is 5.64. The van der Waals surface area contributed by atoms with E-state index in [1.165, 1.54) is 0 Å². The molecule has 1 aromatic heterocycles. The molecule has 2 heterocycles. The number of aromatic nitrogens is 1. The van der Waals surface area contributed by atoms with Crippen LogP contribution in [-0.4, -0.2) is 40.7 Å².